The van der Waals surface area contributed by atoms with Crippen LogP contribution in [0.3, 0.4) is 0 Å². The molecule has 2 saturated heterocycles. The number of aliphatic imine (C=N–C) groups is 1. The molecule has 2 heterocycles. The number of amidine groups is 1. The van der Waals surface area contributed by atoms with Crippen molar-refractivity contribution in [3.8, 4) is 0 Å². The van der Waals surface area contributed by atoms with Crippen LogP contribution >= 0.6 is 27.7 Å². The second kappa shape index (κ2) is 8.07. The Balaban J connectivity index is 1.58. The first-order valence-corrected chi connectivity index (χ1v) is 13.0. The van der Waals surface area contributed by atoms with E-state index in [1.807, 2.05) is 0 Å². The van der Waals surface area contributed by atoms with E-state index in [0.717, 1.165) is 6.42 Å². The largest absolute Gasteiger partial charge is 0.313 e. The van der Waals surface area contributed by atoms with E-state index in [4.69, 9.17) is 0 Å². The highest BCUT2D eigenvalue weighted by atomic mass is 79.9. The number of hydrogen-bond acceptors (Lipinski definition) is 4. The molecule has 9 heteroatoms. The fraction of sp³-hybridized carbons (Fsp3) is 0.579. The van der Waals surface area contributed by atoms with Crippen LogP contribution in [-0.2, 0) is 14.6 Å². The van der Waals surface area contributed by atoms with Gasteiger partial charge in [0.2, 0.25) is 5.91 Å². The van der Waals surface area contributed by atoms with Crippen molar-refractivity contribution in [2.24, 2.45) is 10.9 Å². The first-order chi connectivity index (χ1) is 13.3. The number of halogens is 2. The molecule has 0 radical (unpaired) electrons. The molecule has 1 aromatic rings. The Bertz CT molecular complexity index is 916. The topological polar surface area (TPSA) is 66.8 Å². The lowest BCUT2D eigenvalue weighted by molar-refractivity contribution is -0.118. The van der Waals surface area contributed by atoms with Gasteiger partial charge in [0.05, 0.1) is 23.2 Å². The molecule has 3 fully saturated rings. The van der Waals surface area contributed by atoms with Gasteiger partial charge in [-0.05, 0) is 30.5 Å². The van der Waals surface area contributed by atoms with E-state index in [2.05, 4.69) is 20.9 Å². The molecule has 4 rings (SSSR count). The van der Waals surface area contributed by atoms with Gasteiger partial charge in [0.15, 0.2) is 15.0 Å². The number of benzene rings is 1. The number of fused-ring (bicyclic) bond motifs is 1. The van der Waals surface area contributed by atoms with Crippen molar-refractivity contribution in [2.75, 3.05) is 16.4 Å². The van der Waals surface area contributed by atoms with E-state index in [1.54, 1.807) is 17.0 Å². The van der Waals surface area contributed by atoms with Crippen molar-refractivity contribution >= 4 is 54.3 Å². The lowest BCUT2D eigenvalue weighted by Crippen LogP contribution is -2.38. The lowest BCUT2D eigenvalue weighted by Gasteiger charge is -2.25. The number of carbonyl (C=O) groups excluding carboxylic acids is 1. The van der Waals surface area contributed by atoms with Crippen molar-refractivity contribution in [3.05, 3.63) is 28.5 Å². The third kappa shape index (κ3) is 4.31. The van der Waals surface area contributed by atoms with Crippen LogP contribution in [0.15, 0.2) is 27.7 Å². The van der Waals surface area contributed by atoms with Gasteiger partial charge < -0.3 is 4.90 Å². The van der Waals surface area contributed by atoms with Gasteiger partial charge in [-0.3, -0.25) is 4.79 Å². The van der Waals surface area contributed by atoms with Gasteiger partial charge in [0.1, 0.15) is 5.82 Å². The fourth-order valence-electron chi connectivity index (χ4n) is 4.31. The quantitative estimate of drug-likeness (QED) is 0.636. The molecule has 0 bridgehead atoms. The summed E-state index contributed by atoms with van der Waals surface area (Å²) in [5.74, 6) is -0.0856. The molecule has 1 aliphatic carbocycles. The minimum Gasteiger partial charge on any atom is -0.313 e. The number of carbonyl (C=O) groups is 1. The van der Waals surface area contributed by atoms with E-state index in [1.165, 1.54) is 43.5 Å². The Morgan fingerprint density at radius 2 is 2.04 bits per heavy atom. The Labute approximate surface area is 177 Å². The van der Waals surface area contributed by atoms with Crippen molar-refractivity contribution in [1.29, 1.82) is 0 Å². The second-order valence-corrected chi connectivity index (χ2v) is 12.0. The van der Waals surface area contributed by atoms with Crippen LogP contribution in [0.4, 0.5) is 10.1 Å². The summed E-state index contributed by atoms with van der Waals surface area (Å²) in [6.45, 7) is 0. The lowest BCUT2D eigenvalue weighted by atomic mass is 10.0. The molecule has 0 unspecified atom stereocenters. The Morgan fingerprint density at radius 1 is 1.29 bits per heavy atom. The van der Waals surface area contributed by atoms with Gasteiger partial charge in [0, 0.05) is 16.1 Å². The average molecular weight is 489 g/mol. The minimum atomic E-state index is -3.17. The van der Waals surface area contributed by atoms with E-state index in [0.29, 0.717) is 22.0 Å². The molecular weight excluding hydrogens is 467 g/mol. The van der Waals surface area contributed by atoms with E-state index in [9.17, 15) is 17.6 Å². The zero-order chi connectivity index (χ0) is 19.9. The molecule has 28 heavy (non-hydrogen) atoms. The number of thioether (sulfide) groups is 1. The highest BCUT2D eigenvalue weighted by molar-refractivity contribution is 9.10. The van der Waals surface area contributed by atoms with Crippen LogP contribution in [0.5, 0.6) is 0 Å². The molecule has 3 aliphatic rings. The van der Waals surface area contributed by atoms with E-state index < -0.39 is 21.7 Å². The summed E-state index contributed by atoms with van der Waals surface area (Å²) in [6, 6.07) is 4.26. The van der Waals surface area contributed by atoms with Gasteiger partial charge in [-0.2, -0.15) is 4.99 Å². The Kier molecular flexibility index (Phi) is 5.86. The maximum Gasteiger partial charge on any atom is 0.248 e. The van der Waals surface area contributed by atoms with Gasteiger partial charge in [-0.15, -0.1) is 0 Å². The summed E-state index contributed by atoms with van der Waals surface area (Å²) in [5.41, 5.74) is 0.266. The maximum atomic E-state index is 14.6. The molecule has 1 amide bonds. The minimum absolute atomic E-state index is 0.0340. The predicted molar refractivity (Wildman–Crippen MR) is 114 cm³/mol. The number of hydrogen-bond donors (Lipinski definition) is 0. The summed E-state index contributed by atoms with van der Waals surface area (Å²) in [5, 5.41) is 0.192. The van der Waals surface area contributed by atoms with Crippen molar-refractivity contribution in [2.45, 2.75) is 49.8 Å². The standard InChI is InChI=1S/C19H22BrFN2O3S2/c20-13-6-7-15(14(21)9-13)23-16-10-28(25,26)11-17(16)27-19(23)22-18(24)8-5-12-3-1-2-4-12/h6-7,9,12,16-17H,1-5,8,10-11H2/t16-,17-/m1/s1. The Morgan fingerprint density at radius 3 is 2.75 bits per heavy atom. The van der Waals surface area contributed by atoms with Gasteiger partial charge in [0.25, 0.3) is 0 Å². The highest BCUT2D eigenvalue weighted by Gasteiger charge is 2.50. The monoisotopic (exact) mass is 488 g/mol. The molecule has 0 spiro atoms. The molecule has 0 N–H and O–H groups in total. The smallest absolute Gasteiger partial charge is 0.248 e. The number of sulfone groups is 1. The first kappa shape index (κ1) is 20.3. The summed E-state index contributed by atoms with van der Waals surface area (Å²) in [4.78, 5) is 18.4. The molecule has 1 aromatic carbocycles. The van der Waals surface area contributed by atoms with Gasteiger partial charge >= 0.3 is 0 Å². The summed E-state index contributed by atoms with van der Waals surface area (Å²) in [7, 11) is -3.17. The first-order valence-electron chi connectivity index (χ1n) is 9.55. The number of rotatable bonds is 4. The van der Waals surface area contributed by atoms with Crippen LogP contribution in [0.1, 0.15) is 38.5 Å². The number of nitrogens with zero attached hydrogens (tertiary/aromatic N) is 2. The van der Waals surface area contributed by atoms with Crippen LogP contribution in [0.2, 0.25) is 0 Å². The summed E-state index contributed by atoms with van der Waals surface area (Å²) < 4.78 is 39.4. The van der Waals surface area contributed by atoms with Crippen molar-refractivity contribution < 1.29 is 17.6 Å². The van der Waals surface area contributed by atoms with Crippen LogP contribution in [0.25, 0.3) is 0 Å². The molecule has 152 valence electrons. The molecule has 2 atom stereocenters. The van der Waals surface area contributed by atoms with E-state index >= 15 is 0 Å². The van der Waals surface area contributed by atoms with Crippen molar-refractivity contribution in [1.82, 2.24) is 0 Å². The van der Waals surface area contributed by atoms with Gasteiger partial charge in [-0.25, -0.2) is 12.8 Å². The highest BCUT2D eigenvalue weighted by Crippen LogP contribution is 2.42. The van der Waals surface area contributed by atoms with Crippen LogP contribution in [-0.4, -0.2) is 42.3 Å². The normalized spacial score (nSPS) is 28.2. The molecule has 1 saturated carbocycles. The van der Waals surface area contributed by atoms with Crippen LogP contribution in [0, 0.1) is 11.7 Å². The molecule has 5 nitrogen and oxygen atoms in total. The Hall–Kier alpha value is -0.930. The second-order valence-electron chi connectivity index (χ2n) is 7.74. The number of anilines is 1. The number of amides is 1. The van der Waals surface area contributed by atoms with E-state index in [-0.39, 0.29) is 28.4 Å². The van der Waals surface area contributed by atoms with Crippen molar-refractivity contribution in [3.63, 3.8) is 0 Å². The third-order valence-electron chi connectivity index (χ3n) is 5.70. The zero-order valence-electron chi connectivity index (χ0n) is 15.3. The fourth-order valence-corrected chi connectivity index (χ4v) is 8.57. The molecule has 2 aliphatic heterocycles. The molecular formula is C19H22BrFN2O3S2. The maximum absolute atomic E-state index is 14.6. The summed E-state index contributed by atoms with van der Waals surface area (Å²) in [6.07, 6.45) is 6.05. The molecule has 0 aromatic heterocycles. The van der Waals surface area contributed by atoms with Crippen LogP contribution < -0.4 is 4.90 Å². The third-order valence-corrected chi connectivity index (χ3v) is 9.40. The van der Waals surface area contributed by atoms with Gasteiger partial charge in [-0.1, -0.05) is 53.4 Å². The average Bonchev–Trinajstić information content (AvgIpc) is 3.29. The summed E-state index contributed by atoms with van der Waals surface area (Å²) >= 11 is 4.53. The zero-order valence-corrected chi connectivity index (χ0v) is 18.5. The SMILES string of the molecule is O=C(CCC1CCCC1)N=C1S[C@@H]2CS(=O)(=O)C[C@H]2N1c1ccc(Br)cc1F. The predicted octanol–water partition coefficient (Wildman–Crippen LogP) is 4.16.